The highest BCUT2D eigenvalue weighted by molar-refractivity contribution is 6.02. The van der Waals surface area contributed by atoms with E-state index in [4.69, 9.17) is 10.3 Å². The van der Waals surface area contributed by atoms with Gasteiger partial charge in [-0.2, -0.15) is 0 Å². The second kappa shape index (κ2) is 5.85. The maximum Gasteiger partial charge on any atom is 0.277 e. The molecule has 19 heavy (non-hydrogen) atoms. The number of anilines is 1. The Bertz CT molecular complexity index is 633. The van der Waals surface area contributed by atoms with Crippen molar-refractivity contribution in [1.82, 2.24) is 5.16 Å². The highest BCUT2D eigenvalue weighted by Gasteiger charge is 2.10. The highest BCUT2D eigenvalue weighted by atomic mass is 16.5. The monoisotopic (exact) mass is 255 g/mol. The van der Waals surface area contributed by atoms with Gasteiger partial charge in [0.25, 0.3) is 5.91 Å². The molecule has 0 atom stereocenters. The first kappa shape index (κ1) is 12.9. The Kier molecular flexibility index (Phi) is 3.96. The minimum Gasteiger partial charge on any atom is -0.361 e. The van der Waals surface area contributed by atoms with Crippen molar-refractivity contribution in [3.05, 3.63) is 47.3 Å². The van der Waals surface area contributed by atoms with Crippen molar-refractivity contribution in [2.75, 3.05) is 11.9 Å². The summed E-state index contributed by atoms with van der Waals surface area (Å²) in [6, 6.07) is 8.74. The number of rotatable bonds is 2. The molecule has 2 aromatic rings. The maximum atomic E-state index is 11.8. The molecule has 1 amide bonds. The first-order valence-corrected chi connectivity index (χ1v) is 5.72. The van der Waals surface area contributed by atoms with Crippen LogP contribution in [0.5, 0.6) is 0 Å². The Balaban J connectivity index is 2.05. The largest absolute Gasteiger partial charge is 0.361 e. The van der Waals surface area contributed by atoms with Crippen molar-refractivity contribution in [1.29, 1.82) is 0 Å². The Morgan fingerprint density at radius 3 is 2.74 bits per heavy atom. The summed E-state index contributed by atoms with van der Waals surface area (Å²) in [6.45, 7) is 2.05. The molecule has 2 rings (SSSR count). The fraction of sp³-hybridized carbons (Fsp3) is 0.143. The van der Waals surface area contributed by atoms with E-state index in [2.05, 4.69) is 22.3 Å². The summed E-state index contributed by atoms with van der Waals surface area (Å²) in [6.07, 6.45) is 0. The molecule has 0 saturated heterocycles. The minimum atomic E-state index is -0.308. The second-order valence-electron chi connectivity index (χ2n) is 3.86. The van der Waals surface area contributed by atoms with Crippen molar-refractivity contribution >= 4 is 11.6 Å². The van der Waals surface area contributed by atoms with E-state index in [9.17, 15) is 4.79 Å². The molecular weight excluding hydrogens is 242 g/mol. The van der Waals surface area contributed by atoms with Crippen molar-refractivity contribution < 1.29 is 9.32 Å². The molecule has 0 radical (unpaired) electrons. The van der Waals surface area contributed by atoms with Crippen molar-refractivity contribution in [3.8, 4) is 11.8 Å². The van der Waals surface area contributed by atoms with Gasteiger partial charge in [0.2, 0.25) is 0 Å². The lowest BCUT2D eigenvalue weighted by atomic mass is 10.2. The number of aromatic nitrogens is 1. The van der Waals surface area contributed by atoms with Crippen LogP contribution in [0.25, 0.3) is 0 Å². The number of carbonyl (C=O) groups is 1. The number of hydrogen-bond donors (Lipinski definition) is 2. The summed E-state index contributed by atoms with van der Waals surface area (Å²) in [5.41, 5.74) is 7.06. The van der Waals surface area contributed by atoms with Gasteiger partial charge in [0.05, 0.1) is 6.54 Å². The summed E-state index contributed by atoms with van der Waals surface area (Å²) in [5.74, 6) is 5.95. The fourth-order valence-corrected chi connectivity index (χ4v) is 1.46. The molecule has 1 aromatic heterocycles. The average molecular weight is 255 g/mol. The quantitative estimate of drug-likeness (QED) is 0.798. The van der Waals surface area contributed by atoms with Crippen LogP contribution in [0.4, 0.5) is 5.69 Å². The zero-order valence-electron chi connectivity index (χ0n) is 10.4. The van der Waals surface area contributed by atoms with E-state index in [1.165, 1.54) is 0 Å². The predicted octanol–water partition coefficient (Wildman–Crippen LogP) is 1.55. The zero-order chi connectivity index (χ0) is 13.7. The van der Waals surface area contributed by atoms with E-state index < -0.39 is 0 Å². The van der Waals surface area contributed by atoms with Crippen LogP contribution >= 0.6 is 0 Å². The molecule has 0 aliphatic rings. The lowest BCUT2D eigenvalue weighted by Crippen LogP contribution is -2.12. The number of benzene rings is 1. The first-order chi connectivity index (χ1) is 9.19. The molecule has 0 aliphatic carbocycles. The Labute approximate surface area is 110 Å². The van der Waals surface area contributed by atoms with E-state index >= 15 is 0 Å². The predicted molar refractivity (Wildman–Crippen MR) is 71.6 cm³/mol. The summed E-state index contributed by atoms with van der Waals surface area (Å²) in [4.78, 5) is 11.8. The van der Waals surface area contributed by atoms with E-state index in [-0.39, 0.29) is 11.6 Å². The molecule has 0 spiro atoms. The Morgan fingerprint density at radius 2 is 2.16 bits per heavy atom. The number of hydrogen-bond acceptors (Lipinski definition) is 4. The first-order valence-electron chi connectivity index (χ1n) is 5.72. The standard InChI is InChI=1S/C14H13N3O2/c1-10-9-13(17-19-10)14(18)16-12-6-4-11(5-7-12)3-2-8-15/h4-7,9H,8,15H2,1H3,(H,16,18). The molecule has 0 saturated carbocycles. The molecule has 1 heterocycles. The second-order valence-corrected chi connectivity index (χ2v) is 3.86. The third kappa shape index (κ3) is 3.44. The van der Waals surface area contributed by atoms with Crippen LogP contribution in [0.15, 0.2) is 34.9 Å². The Hall–Kier alpha value is -2.58. The van der Waals surface area contributed by atoms with Crippen LogP contribution < -0.4 is 11.1 Å². The van der Waals surface area contributed by atoms with Crippen LogP contribution in [-0.4, -0.2) is 17.6 Å². The zero-order valence-corrected chi connectivity index (χ0v) is 10.4. The third-order valence-corrected chi connectivity index (χ3v) is 2.34. The number of nitrogens with zero attached hydrogens (tertiary/aromatic N) is 1. The number of carbonyl (C=O) groups excluding carboxylic acids is 1. The van der Waals surface area contributed by atoms with Gasteiger partial charge in [0.15, 0.2) is 5.69 Å². The van der Waals surface area contributed by atoms with Gasteiger partial charge < -0.3 is 15.6 Å². The van der Waals surface area contributed by atoms with Crippen LogP contribution in [0.3, 0.4) is 0 Å². The fourth-order valence-electron chi connectivity index (χ4n) is 1.46. The topological polar surface area (TPSA) is 81.2 Å². The number of nitrogens with two attached hydrogens (primary N) is 1. The molecule has 1 aromatic carbocycles. The Morgan fingerprint density at radius 1 is 1.42 bits per heavy atom. The number of amides is 1. The van der Waals surface area contributed by atoms with Crippen LogP contribution in [0.1, 0.15) is 21.8 Å². The van der Waals surface area contributed by atoms with Gasteiger partial charge in [-0.25, -0.2) is 0 Å². The molecule has 5 heteroatoms. The number of nitrogens with one attached hydrogen (secondary N) is 1. The van der Waals surface area contributed by atoms with Crippen molar-refractivity contribution in [3.63, 3.8) is 0 Å². The maximum absolute atomic E-state index is 11.8. The minimum absolute atomic E-state index is 0.254. The molecular formula is C14H13N3O2. The van der Waals surface area contributed by atoms with Crippen molar-refractivity contribution in [2.24, 2.45) is 5.73 Å². The lowest BCUT2D eigenvalue weighted by Gasteiger charge is -2.02. The van der Waals surface area contributed by atoms with E-state index in [1.807, 2.05) is 12.1 Å². The highest BCUT2D eigenvalue weighted by Crippen LogP contribution is 2.11. The molecule has 5 nitrogen and oxygen atoms in total. The lowest BCUT2D eigenvalue weighted by molar-refractivity contribution is 0.101. The van der Waals surface area contributed by atoms with Gasteiger partial charge >= 0.3 is 0 Å². The summed E-state index contributed by atoms with van der Waals surface area (Å²) in [7, 11) is 0. The van der Waals surface area contributed by atoms with Gasteiger partial charge in [-0.1, -0.05) is 17.0 Å². The van der Waals surface area contributed by atoms with Crippen LogP contribution in [0, 0.1) is 18.8 Å². The van der Waals surface area contributed by atoms with E-state index in [1.54, 1.807) is 25.1 Å². The van der Waals surface area contributed by atoms with Gasteiger partial charge in [0, 0.05) is 17.3 Å². The number of aryl methyl sites for hydroxylation is 1. The van der Waals surface area contributed by atoms with E-state index in [0.717, 1.165) is 5.56 Å². The molecule has 0 fully saturated rings. The molecule has 0 bridgehead atoms. The van der Waals surface area contributed by atoms with Crippen LogP contribution in [-0.2, 0) is 0 Å². The summed E-state index contributed by atoms with van der Waals surface area (Å²) < 4.78 is 4.85. The molecule has 96 valence electrons. The molecule has 3 N–H and O–H groups in total. The SMILES string of the molecule is Cc1cc(C(=O)Nc2ccc(C#CCN)cc2)no1. The van der Waals surface area contributed by atoms with Gasteiger partial charge in [-0.15, -0.1) is 0 Å². The van der Waals surface area contributed by atoms with Gasteiger partial charge in [-0.3, -0.25) is 4.79 Å². The van der Waals surface area contributed by atoms with E-state index in [0.29, 0.717) is 18.0 Å². The molecule has 0 unspecified atom stereocenters. The summed E-state index contributed by atoms with van der Waals surface area (Å²) in [5, 5.41) is 6.37. The average Bonchev–Trinajstić information content (AvgIpc) is 2.85. The van der Waals surface area contributed by atoms with Crippen LogP contribution in [0.2, 0.25) is 0 Å². The third-order valence-electron chi connectivity index (χ3n) is 2.34. The molecule has 0 aliphatic heterocycles. The normalized spacial score (nSPS) is 9.58. The van der Waals surface area contributed by atoms with Gasteiger partial charge in [0.1, 0.15) is 5.76 Å². The van der Waals surface area contributed by atoms with Crippen molar-refractivity contribution in [2.45, 2.75) is 6.92 Å². The smallest absolute Gasteiger partial charge is 0.277 e. The van der Waals surface area contributed by atoms with Gasteiger partial charge in [-0.05, 0) is 31.2 Å². The summed E-state index contributed by atoms with van der Waals surface area (Å²) >= 11 is 0.